The Bertz CT molecular complexity index is 783. The third kappa shape index (κ3) is 4.11. The van der Waals surface area contributed by atoms with E-state index in [2.05, 4.69) is 22.1 Å². The van der Waals surface area contributed by atoms with Crippen molar-refractivity contribution >= 4 is 11.8 Å². The fourth-order valence-corrected chi connectivity index (χ4v) is 5.73. The molecule has 1 N–H and O–H groups in total. The van der Waals surface area contributed by atoms with Gasteiger partial charge < -0.3 is 10.2 Å². The van der Waals surface area contributed by atoms with Crippen molar-refractivity contribution in [2.24, 2.45) is 23.7 Å². The Morgan fingerprint density at radius 2 is 1.93 bits per heavy atom. The first-order chi connectivity index (χ1) is 14.6. The van der Waals surface area contributed by atoms with Gasteiger partial charge in [0.15, 0.2) is 0 Å². The van der Waals surface area contributed by atoms with E-state index < -0.39 is 0 Å². The minimum atomic E-state index is -0.0329. The molecular formula is C24H34N4O2. The number of carbonyl (C=O) groups is 2. The van der Waals surface area contributed by atoms with Crippen LogP contribution in [0.15, 0.2) is 18.3 Å². The van der Waals surface area contributed by atoms with Crippen LogP contribution in [0.2, 0.25) is 0 Å². The predicted molar refractivity (Wildman–Crippen MR) is 115 cm³/mol. The van der Waals surface area contributed by atoms with Gasteiger partial charge in [0, 0.05) is 44.8 Å². The number of hydrogen-bond acceptors (Lipinski definition) is 4. The molecule has 2 aliphatic carbocycles. The molecule has 30 heavy (non-hydrogen) atoms. The minimum Gasteiger partial charge on any atom is -0.347 e. The summed E-state index contributed by atoms with van der Waals surface area (Å²) < 4.78 is 0. The number of rotatable bonds is 4. The summed E-state index contributed by atoms with van der Waals surface area (Å²) in [5, 5.41) is 3.19. The van der Waals surface area contributed by atoms with Gasteiger partial charge in [-0.25, -0.2) is 0 Å². The third-order valence-electron chi connectivity index (χ3n) is 7.85. The second kappa shape index (κ2) is 8.29. The standard InChI is InChI=1S/C24H34N4O2/c1-16-3-2-4-19-20(16)13-22(26-23(19)29)21-8-7-18(14-25-21)24(30)28-11-9-27(10-12-28)15-17-5-6-17/h7-8,14,16-17,19-20,22H,2-6,9-13,15H2,1H3,(H,26,29). The Balaban J connectivity index is 1.20. The van der Waals surface area contributed by atoms with Crippen LogP contribution in [0.5, 0.6) is 0 Å². The molecule has 4 unspecified atom stereocenters. The van der Waals surface area contributed by atoms with Crippen molar-refractivity contribution < 1.29 is 9.59 Å². The Morgan fingerprint density at radius 1 is 1.13 bits per heavy atom. The topological polar surface area (TPSA) is 65.5 Å². The summed E-state index contributed by atoms with van der Waals surface area (Å²) in [6.45, 7) is 7.03. The first kappa shape index (κ1) is 20.0. The number of pyridine rings is 1. The molecule has 6 heteroatoms. The molecule has 0 aromatic carbocycles. The normalized spacial score (nSPS) is 32.4. The number of nitrogens with one attached hydrogen (secondary N) is 1. The van der Waals surface area contributed by atoms with E-state index in [4.69, 9.17) is 0 Å². The van der Waals surface area contributed by atoms with E-state index >= 15 is 0 Å². The molecule has 162 valence electrons. The summed E-state index contributed by atoms with van der Waals surface area (Å²) in [5.41, 5.74) is 1.53. The van der Waals surface area contributed by atoms with Gasteiger partial charge in [-0.15, -0.1) is 0 Å². The molecular weight excluding hydrogens is 376 g/mol. The molecule has 4 fully saturated rings. The SMILES string of the molecule is CC1CCCC2C(=O)NC(c3ccc(C(=O)N4CCN(CC5CC5)CC4)cn3)CC12. The molecule has 6 nitrogen and oxygen atoms in total. The zero-order valence-corrected chi connectivity index (χ0v) is 18.1. The van der Waals surface area contributed by atoms with Gasteiger partial charge in [-0.05, 0) is 55.6 Å². The van der Waals surface area contributed by atoms with Crippen molar-refractivity contribution in [2.45, 2.75) is 51.5 Å². The van der Waals surface area contributed by atoms with Crippen LogP contribution >= 0.6 is 0 Å². The number of aromatic nitrogens is 1. The maximum absolute atomic E-state index is 12.9. The highest BCUT2D eigenvalue weighted by molar-refractivity contribution is 5.94. The molecule has 3 heterocycles. The number of amides is 2. The lowest BCUT2D eigenvalue weighted by Gasteiger charge is -2.42. The molecule has 2 saturated carbocycles. The molecule has 1 aromatic heterocycles. The van der Waals surface area contributed by atoms with Crippen molar-refractivity contribution in [3.8, 4) is 0 Å². The molecule has 5 rings (SSSR count). The lowest BCUT2D eigenvalue weighted by atomic mass is 9.67. The molecule has 2 aliphatic heterocycles. The highest BCUT2D eigenvalue weighted by atomic mass is 16.2. The Labute approximate surface area is 179 Å². The van der Waals surface area contributed by atoms with Crippen LogP contribution in [0, 0.1) is 23.7 Å². The number of nitrogens with zero attached hydrogens (tertiary/aromatic N) is 3. The van der Waals surface area contributed by atoms with E-state index in [1.807, 2.05) is 17.0 Å². The fraction of sp³-hybridized carbons (Fsp3) is 0.708. The summed E-state index contributed by atoms with van der Waals surface area (Å²) in [6.07, 6.45) is 8.80. The van der Waals surface area contributed by atoms with E-state index in [0.717, 1.165) is 57.1 Å². The number of fused-ring (bicyclic) bond motifs is 1. The predicted octanol–water partition coefficient (Wildman–Crippen LogP) is 2.86. The van der Waals surface area contributed by atoms with Crippen LogP contribution in [0.1, 0.15) is 67.5 Å². The smallest absolute Gasteiger partial charge is 0.255 e. The molecule has 0 bridgehead atoms. The van der Waals surface area contributed by atoms with Gasteiger partial charge in [0.2, 0.25) is 5.91 Å². The van der Waals surface area contributed by atoms with Gasteiger partial charge in [0.1, 0.15) is 0 Å². The molecule has 2 amide bonds. The van der Waals surface area contributed by atoms with Gasteiger partial charge >= 0.3 is 0 Å². The van der Waals surface area contributed by atoms with Gasteiger partial charge in [-0.3, -0.25) is 19.5 Å². The van der Waals surface area contributed by atoms with Crippen LogP contribution in [0.4, 0.5) is 0 Å². The second-order valence-electron chi connectivity index (χ2n) is 9.98. The van der Waals surface area contributed by atoms with E-state index in [0.29, 0.717) is 17.4 Å². The monoisotopic (exact) mass is 410 g/mol. The van der Waals surface area contributed by atoms with Crippen molar-refractivity contribution in [1.82, 2.24) is 20.1 Å². The van der Waals surface area contributed by atoms with E-state index in [-0.39, 0.29) is 23.8 Å². The third-order valence-corrected chi connectivity index (χ3v) is 7.85. The molecule has 4 atom stereocenters. The largest absolute Gasteiger partial charge is 0.347 e. The first-order valence-corrected chi connectivity index (χ1v) is 11.9. The van der Waals surface area contributed by atoms with Crippen LogP contribution in [-0.4, -0.2) is 59.3 Å². The number of carbonyl (C=O) groups excluding carboxylic acids is 2. The summed E-state index contributed by atoms with van der Waals surface area (Å²) in [4.78, 5) is 34.6. The van der Waals surface area contributed by atoms with Crippen LogP contribution in [-0.2, 0) is 4.79 Å². The van der Waals surface area contributed by atoms with Crippen molar-refractivity contribution in [3.05, 3.63) is 29.6 Å². The van der Waals surface area contributed by atoms with E-state index in [9.17, 15) is 9.59 Å². The molecule has 0 radical (unpaired) electrons. The van der Waals surface area contributed by atoms with Crippen LogP contribution < -0.4 is 5.32 Å². The van der Waals surface area contributed by atoms with E-state index in [1.54, 1.807) is 6.20 Å². The average molecular weight is 411 g/mol. The van der Waals surface area contributed by atoms with Crippen LogP contribution in [0.3, 0.4) is 0 Å². The minimum absolute atomic E-state index is 0.0329. The Morgan fingerprint density at radius 3 is 2.63 bits per heavy atom. The van der Waals surface area contributed by atoms with Crippen molar-refractivity contribution in [1.29, 1.82) is 0 Å². The number of piperazine rings is 1. The van der Waals surface area contributed by atoms with E-state index in [1.165, 1.54) is 25.8 Å². The maximum Gasteiger partial charge on any atom is 0.255 e. The number of piperidine rings is 1. The average Bonchev–Trinajstić information content (AvgIpc) is 3.59. The summed E-state index contributed by atoms with van der Waals surface area (Å²) in [5.74, 6) is 2.38. The van der Waals surface area contributed by atoms with Gasteiger partial charge in [0.25, 0.3) is 5.91 Å². The Kier molecular flexibility index (Phi) is 5.52. The van der Waals surface area contributed by atoms with Crippen molar-refractivity contribution in [2.75, 3.05) is 32.7 Å². The lowest BCUT2D eigenvalue weighted by molar-refractivity contribution is -0.133. The highest BCUT2D eigenvalue weighted by Gasteiger charge is 2.41. The molecule has 0 spiro atoms. The summed E-state index contributed by atoms with van der Waals surface area (Å²) in [6, 6.07) is 3.80. The van der Waals surface area contributed by atoms with Gasteiger partial charge in [-0.1, -0.05) is 19.8 Å². The highest BCUT2D eigenvalue weighted by Crippen LogP contribution is 2.43. The Hall–Kier alpha value is -1.95. The maximum atomic E-state index is 12.9. The molecule has 2 saturated heterocycles. The van der Waals surface area contributed by atoms with Crippen molar-refractivity contribution in [3.63, 3.8) is 0 Å². The fourth-order valence-electron chi connectivity index (χ4n) is 5.73. The zero-order chi connectivity index (χ0) is 20.7. The molecule has 4 aliphatic rings. The zero-order valence-electron chi connectivity index (χ0n) is 18.1. The second-order valence-corrected chi connectivity index (χ2v) is 9.98. The quantitative estimate of drug-likeness (QED) is 0.829. The summed E-state index contributed by atoms with van der Waals surface area (Å²) >= 11 is 0. The summed E-state index contributed by atoms with van der Waals surface area (Å²) in [7, 11) is 0. The number of hydrogen-bond donors (Lipinski definition) is 1. The van der Waals surface area contributed by atoms with Gasteiger partial charge in [-0.2, -0.15) is 0 Å². The van der Waals surface area contributed by atoms with Crippen LogP contribution in [0.25, 0.3) is 0 Å². The lowest BCUT2D eigenvalue weighted by Crippen LogP contribution is -2.49. The first-order valence-electron chi connectivity index (χ1n) is 11.9. The molecule has 1 aromatic rings. The van der Waals surface area contributed by atoms with Gasteiger partial charge in [0.05, 0.1) is 17.3 Å².